The predicted octanol–water partition coefficient (Wildman–Crippen LogP) is 1.06. The van der Waals surface area contributed by atoms with Gasteiger partial charge in [0.1, 0.15) is 17.3 Å². The number of halogens is 1. The van der Waals surface area contributed by atoms with Crippen LogP contribution in [0.15, 0.2) is 12.4 Å². The summed E-state index contributed by atoms with van der Waals surface area (Å²) < 4.78 is 4.56. The van der Waals surface area contributed by atoms with Gasteiger partial charge in [0, 0.05) is 19.2 Å². The first-order valence-corrected chi connectivity index (χ1v) is 5.64. The Bertz CT molecular complexity index is 415. The Balaban J connectivity index is 1.96. The van der Waals surface area contributed by atoms with Crippen molar-refractivity contribution in [3.05, 3.63) is 17.5 Å². The molecule has 1 aliphatic rings. The number of carbonyl (C=O) groups excluding carboxylic acids is 1. The molecule has 0 aliphatic carbocycles. The van der Waals surface area contributed by atoms with Gasteiger partial charge in [0.05, 0.1) is 13.2 Å². The summed E-state index contributed by atoms with van der Waals surface area (Å²) in [6, 6.07) is 1.79. The molecule has 0 saturated carbocycles. The summed E-state index contributed by atoms with van der Waals surface area (Å²) in [5.74, 6) is 0.777. The highest BCUT2D eigenvalue weighted by Crippen LogP contribution is 2.19. The summed E-state index contributed by atoms with van der Waals surface area (Å²) in [7, 11) is 1.35. The molecule has 1 N–H and O–H groups in total. The van der Waals surface area contributed by atoms with Gasteiger partial charge in [-0.05, 0) is 6.42 Å². The summed E-state index contributed by atoms with van der Waals surface area (Å²) in [5.41, 5.74) is 0. The lowest BCUT2D eigenvalue weighted by Crippen LogP contribution is -2.37. The summed E-state index contributed by atoms with van der Waals surface area (Å²) in [6.07, 6.45) is 1.88. The second kappa shape index (κ2) is 5.18. The SMILES string of the molecule is COC(=O)NC1CCN(c2cc(Cl)ncn2)C1. The Morgan fingerprint density at radius 3 is 3.18 bits per heavy atom. The molecular weight excluding hydrogens is 244 g/mol. The largest absolute Gasteiger partial charge is 0.453 e. The van der Waals surface area contributed by atoms with Crippen LogP contribution in [0.4, 0.5) is 10.6 Å². The molecule has 6 nitrogen and oxygen atoms in total. The minimum absolute atomic E-state index is 0.0798. The zero-order valence-electron chi connectivity index (χ0n) is 9.39. The molecule has 92 valence electrons. The number of hydrogen-bond acceptors (Lipinski definition) is 5. The molecule has 1 aliphatic heterocycles. The van der Waals surface area contributed by atoms with Crippen molar-refractivity contribution >= 4 is 23.5 Å². The molecule has 1 atom stereocenters. The van der Waals surface area contributed by atoms with Gasteiger partial charge in [0.15, 0.2) is 0 Å². The van der Waals surface area contributed by atoms with Crippen LogP contribution in [0, 0.1) is 0 Å². The molecule has 0 bridgehead atoms. The van der Waals surface area contributed by atoms with E-state index in [1.807, 2.05) is 4.90 Å². The molecule has 1 unspecified atom stereocenters. The second-order valence-corrected chi connectivity index (χ2v) is 4.15. The van der Waals surface area contributed by atoms with Crippen molar-refractivity contribution in [2.75, 3.05) is 25.1 Å². The molecule has 2 heterocycles. The maximum atomic E-state index is 11.1. The highest BCUT2D eigenvalue weighted by atomic mass is 35.5. The number of aromatic nitrogens is 2. The van der Waals surface area contributed by atoms with Crippen molar-refractivity contribution in [2.24, 2.45) is 0 Å². The Labute approximate surface area is 104 Å². The normalized spacial score (nSPS) is 19.2. The van der Waals surface area contributed by atoms with E-state index < -0.39 is 6.09 Å². The van der Waals surface area contributed by atoms with Gasteiger partial charge in [-0.3, -0.25) is 0 Å². The summed E-state index contributed by atoms with van der Waals surface area (Å²) in [4.78, 5) is 21.1. The van der Waals surface area contributed by atoms with Crippen molar-refractivity contribution in [3.63, 3.8) is 0 Å². The molecule has 2 rings (SSSR count). The first-order chi connectivity index (χ1) is 8.19. The lowest BCUT2D eigenvalue weighted by Gasteiger charge is -2.17. The first-order valence-electron chi connectivity index (χ1n) is 5.26. The number of methoxy groups -OCH3 is 1. The van der Waals surface area contributed by atoms with Crippen LogP contribution in [0.1, 0.15) is 6.42 Å². The Morgan fingerprint density at radius 2 is 2.47 bits per heavy atom. The summed E-state index contributed by atoms with van der Waals surface area (Å²) >= 11 is 5.80. The smallest absolute Gasteiger partial charge is 0.407 e. The van der Waals surface area contributed by atoms with Gasteiger partial charge in [0.25, 0.3) is 0 Å². The third-order valence-corrected chi connectivity index (χ3v) is 2.85. The molecule has 1 fully saturated rings. The Morgan fingerprint density at radius 1 is 1.65 bits per heavy atom. The quantitative estimate of drug-likeness (QED) is 0.802. The van der Waals surface area contributed by atoms with E-state index in [2.05, 4.69) is 20.0 Å². The van der Waals surface area contributed by atoms with Crippen LogP contribution in [-0.4, -0.2) is 42.3 Å². The van der Waals surface area contributed by atoms with Crippen molar-refractivity contribution in [1.82, 2.24) is 15.3 Å². The molecule has 1 aromatic heterocycles. The first kappa shape index (κ1) is 11.9. The fourth-order valence-corrected chi connectivity index (χ4v) is 1.95. The average molecular weight is 257 g/mol. The number of amides is 1. The van der Waals surface area contributed by atoms with Crippen molar-refractivity contribution in [2.45, 2.75) is 12.5 Å². The number of hydrogen-bond donors (Lipinski definition) is 1. The number of carbonyl (C=O) groups is 1. The van der Waals surface area contributed by atoms with Crippen molar-refractivity contribution in [1.29, 1.82) is 0 Å². The van der Waals surface area contributed by atoms with E-state index in [9.17, 15) is 4.79 Å². The van der Waals surface area contributed by atoms with Gasteiger partial charge in [-0.2, -0.15) is 0 Å². The van der Waals surface area contributed by atoms with Gasteiger partial charge < -0.3 is 15.0 Å². The Hall–Kier alpha value is -1.56. The van der Waals surface area contributed by atoms with E-state index in [4.69, 9.17) is 11.6 Å². The zero-order valence-corrected chi connectivity index (χ0v) is 10.1. The van der Waals surface area contributed by atoms with E-state index in [0.29, 0.717) is 11.7 Å². The van der Waals surface area contributed by atoms with E-state index in [-0.39, 0.29) is 6.04 Å². The monoisotopic (exact) mass is 256 g/mol. The maximum Gasteiger partial charge on any atom is 0.407 e. The summed E-state index contributed by atoms with van der Waals surface area (Å²) in [5, 5.41) is 3.18. The molecule has 0 spiro atoms. The van der Waals surface area contributed by atoms with E-state index >= 15 is 0 Å². The molecule has 1 amide bonds. The average Bonchev–Trinajstić information content (AvgIpc) is 2.77. The molecule has 0 radical (unpaired) electrons. The molecule has 0 aromatic carbocycles. The van der Waals surface area contributed by atoms with Gasteiger partial charge >= 0.3 is 6.09 Å². The molecule has 7 heteroatoms. The minimum Gasteiger partial charge on any atom is -0.453 e. The van der Waals surface area contributed by atoms with Gasteiger partial charge in [-0.1, -0.05) is 11.6 Å². The van der Waals surface area contributed by atoms with Crippen LogP contribution in [-0.2, 0) is 4.74 Å². The number of ether oxygens (including phenoxy) is 1. The molecule has 17 heavy (non-hydrogen) atoms. The lowest BCUT2D eigenvalue weighted by molar-refractivity contribution is 0.167. The van der Waals surface area contributed by atoms with E-state index in [0.717, 1.165) is 18.8 Å². The molecule has 1 aromatic rings. The number of rotatable bonds is 2. The third kappa shape index (κ3) is 2.97. The van der Waals surface area contributed by atoms with Crippen LogP contribution in [0.3, 0.4) is 0 Å². The zero-order chi connectivity index (χ0) is 12.3. The summed E-state index contributed by atoms with van der Waals surface area (Å²) in [6.45, 7) is 1.52. The highest BCUT2D eigenvalue weighted by Gasteiger charge is 2.25. The van der Waals surface area contributed by atoms with E-state index in [1.54, 1.807) is 6.07 Å². The second-order valence-electron chi connectivity index (χ2n) is 3.77. The topological polar surface area (TPSA) is 67.3 Å². The highest BCUT2D eigenvalue weighted by molar-refractivity contribution is 6.29. The predicted molar refractivity (Wildman–Crippen MR) is 63.2 cm³/mol. The van der Waals surface area contributed by atoms with Crippen LogP contribution in [0.25, 0.3) is 0 Å². The third-order valence-electron chi connectivity index (χ3n) is 2.64. The van der Waals surface area contributed by atoms with Crippen molar-refractivity contribution in [3.8, 4) is 0 Å². The number of nitrogens with zero attached hydrogens (tertiary/aromatic N) is 3. The lowest BCUT2D eigenvalue weighted by atomic mass is 10.3. The molecule has 1 saturated heterocycles. The van der Waals surface area contributed by atoms with Crippen LogP contribution in [0.2, 0.25) is 5.15 Å². The minimum atomic E-state index is -0.405. The van der Waals surface area contributed by atoms with Crippen molar-refractivity contribution < 1.29 is 9.53 Å². The van der Waals surface area contributed by atoms with Crippen LogP contribution >= 0.6 is 11.6 Å². The standard InChI is InChI=1S/C10H13ClN4O2/c1-17-10(16)14-7-2-3-15(5-7)9-4-8(11)12-6-13-9/h4,6-7H,2-3,5H2,1H3,(H,14,16). The molecular formula is C10H13ClN4O2. The van der Waals surface area contributed by atoms with Crippen LogP contribution in [0.5, 0.6) is 0 Å². The maximum absolute atomic E-state index is 11.1. The van der Waals surface area contributed by atoms with Gasteiger partial charge in [0.2, 0.25) is 0 Å². The fraction of sp³-hybridized carbons (Fsp3) is 0.500. The number of nitrogens with one attached hydrogen (secondary N) is 1. The number of anilines is 1. The van der Waals surface area contributed by atoms with Gasteiger partial charge in [-0.25, -0.2) is 14.8 Å². The number of alkyl carbamates (subject to hydrolysis) is 1. The van der Waals surface area contributed by atoms with Crippen LogP contribution < -0.4 is 10.2 Å². The van der Waals surface area contributed by atoms with Gasteiger partial charge in [-0.15, -0.1) is 0 Å². The Kier molecular flexibility index (Phi) is 3.63. The van der Waals surface area contributed by atoms with E-state index in [1.165, 1.54) is 13.4 Å². The fourth-order valence-electron chi connectivity index (χ4n) is 1.81.